The Bertz CT molecular complexity index is 4500. The van der Waals surface area contributed by atoms with Gasteiger partial charge in [0, 0.05) is 60.6 Å². The van der Waals surface area contributed by atoms with E-state index < -0.39 is 31.7 Å². The van der Waals surface area contributed by atoms with Crippen LogP contribution in [0.15, 0.2) is 194 Å². The molecule has 10 heteroatoms. The van der Waals surface area contributed by atoms with Crippen LogP contribution >= 0.6 is 31.7 Å². The predicted octanol–water partition coefficient (Wildman–Crippen LogP) is 27.3. The summed E-state index contributed by atoms with van der Waals surface area (Å²) in [6.45, 7) is 126. The smallest absolute Gasteiger partial charge is 0.0437 e. The molecule has 788 valence electrons. The summed E-state index contributed by atoms with van der Waals surface area (Å²) in [5, 5.41) is 17.4. The van der Waals surface area contributed by atoms with E-state index in [1.165, 1.54) is 153 Å². The molecule has 0 saturated heterocycles. The van der Waals surface area contributed by atoms with Crippen LogP contribution in [0.3, 0.4) is 0 Å². The Morgan fingerprint density at radius 1 is 0.148 bits per heavy atom. The minimum absolute atomic E-state index is 0. The molecule has 0 aliphatic heterocycles. The summed E-state index contributed by atoms with van der Waals surface area (Å²) in [5.74, 6) is 0. The molecule has 0 fully saturated rings. The quantitative estimate of drug-likeness (QED) is 0.0709. The van der Waals surface area contributed by atoms with Gasteiger partial charge in [0.05, 0.1) is 0 Å². The molecule has 10 aromatic carbocycles. The van der Waals surface area contributed by atoms with Crippen molar-refractivity contribution in [2.75, 3.05) is 26.4 Å². The van der Waals surface area contributed by atoms with Gasteiger partial charge in [0.2, 0.25) is 0 Å². The van der Waals surface area contributed by atoms with E-state index in [1.807, 2.05) is 27.7 Å². The Hall–Kier alpha value is -4.16. The molecule has 0 N–H and O–H groups in total. The fourth-order valence-electron chi connectivity index (χ4n) is 16.7. The largest absolute Gasteiger partial charge is 1.00 e. The first-order valence-electron chi connectivity index (χ1n) is 52.2. The Labute approximate surface area is 921 Å². The molecular formula is C132H196Br2Fe2O2P4-2. The topological polar surface area (TPSA) is 18.5 Å². The van der Waals surface area contributed by atoms with Crippen molar-refractivity contribution in [3.8, 4) is 0 Å². The van der Waals surface area contributed by atoms with Gasteiger partial charge < -0.3 is 43.4 Å². The normalized spacial score (nSPS) is 13.1. The standard InChI is InChI=1S/2C62H88P2.2C4H10O.2BrH.2Fe/c2*1-55(2,3)41-29-42(56(4,5)6)34-49(33-41)63(50-35-43(57(7,8)9)30-44(36-50)58(10,11)12)53-27-25-26-28-54(53)64(51-37-45(59(13,14)15)31-46(38-51)60(16,17)18)52-39-47(61(19,20)21)32-48(40-52)62(22,23)24;2*1-3-5-4-2;;;;/h2*25-40H,1-24H3;2*3-4H2,1-2H3;2*1H;;/p-2. The first-order chi connectivity index (χ1) is 62.3. The molecule has 0 saturated carbocycles. The molecule has 2 nitrogen and oxygen atoms in total. The zero-order valence-electron chi connectivity index (χ0n) is 99.4. The number of halogens is 2. The minimum Gasteiger partial charge on any atom is -1.00 e. The fraction of sp³-hybridized carbons (Fsp3) is 0.545. The van der Waals surface area contributed by atoms with Gasteiger partial charge in [0.1, 0.15) is 0 Å². The summed E-state index contributed by atoms with van der Waals surface area (Å²) < 4.78 is 9.67. The van der Waals surface area contributed by atoms with Gasteiger partial charge in [-0.3, -0.25) is 0 Å². The molecule has 0 spiro atoms. The molecule has 0 amide bonds. The van der Waals surface area contributed by atoms with Gasteiger partial charge in [-0.2, -0.15) is 0 Å². The van der Waals surface area contributed by atoms with Gasteiger partial charge in [-0.15, -0.1) is 0 Å². The summed E-state index contributed by atoms with van der Waals surface area (Å²) in [6.07, 6.45) is 0. The number of ether oxygens (including phenoxy) is 2. The Kier molecular flexibility index (Phi) is 46.0. The Balaban J connectivity index is 0.000000649. The van der Waals surface area contributed by atoms with Crippen LogP contribution in [0.2, 0.25) is 0 Å². The van der Waals surface area contributed by atoms with Crippen molar-refractivity contribution < 1.29 is 77.6 Å². The second kappa shape index (κ2) is 49.5. The second-order valence-electron chi connectivity index (χ2n) is 56.0. The minimum atomic E-state index is -1.04. The van der Waals surface area contributed by atoms with E-state index in [0.29, 0.717) is 0 Å². The summed E-state index contributed by atoms with van der Waals surface area (Å²) in [4.78, 5) is 0. The van der Waals surface area contributed by atoms with Crippen molar-refractivity contribution >= 4 is 95.3 Å². The van der Waals surface area contributed by atoms with Gasteiger partial charge in [0.15, 0.2) is 0 Å². The van der Waals surface area contributed by atoms with Crippen LogP contribution in [0.1, 0.15) is 449 Å². The number of rotatable bonds is 16. The van der Waals surface area contributed by atoms with Crippen LogP contribution in [-0.2, 0) is 130 Å². The van der Waals surface area contributed by atoms with E-state index in [9.17, 15) is 0 Å². The molecule has 10 aromatic rings. The van der Waals surface area contributed by atoms with Crippen LogP contribution in [0.25, 0.3) is 0 Å². The van der Waals surface area contributed by atoms with Gasteiger partial charge >= 0.3 is 0 Å². The van der Waals surface area contributed by atoms with Crippen molar-refractivity contribution in [2.45, 2.75) is 447 Å². The van der Waals surface area contributed by atoms with E-state index in [4.69, 9.17) is 9.47 Å². The molecule has 0 heterocycles. The summed E-state index contributed by atoms with van der Waals surface area (Å²) in [5.41, 5.74) is 22.3. The fourth-order valence-corrected chi connectivity index (χ4v) is 27.7. The van der Waals surface area contributed by atoms with Crippen LogP contribution < -0.4 is 97.6 Å². The molecule has 0 aliphatic carbocycles. The maximum absolute atomic E-state index is 4.83. The van der Waals surface area contributed by atoms with Crippen molar-refractivity contribution in [1.29, 1.82) is 0 Å². The van der Waals surface area contributed by atoms with Crippen LogP contribution in [0, 0.1) is 0 Å². The van der Waals surface area contributed by atoms with Crippen molar-refractivity contribution in [3.05, 3.63) is 283 Å². The Morgan fingerprint density at radius 3 is 0.282 bits per heavy atom. The monoisotopic (exact) mass is 2210 g/mol. The molecule has 0 atom stereocenters. The molecule has 0 aromatic heterocycles. The van der Waals surface area contributed by atoms with Crippen molar-refractivity contribution in [1.82, 2.24) is 0 Å². The SMILES string of the molecule is CC(C)(C)c1cc(P(c2cc(C(C)(C)C)cc(C(C)(C)C)c2)c2ccccc2P(c2cc(C(C)(C)C)cc(C(C)(C)C)c2)c2cc(C(C)(C)C)cc(C(C)(C)C)c2)cc(C(C)(C)C)c1.CC(C)(C)c1cc(P(c2cc(C(C)(C)C)cc(C(C)(C)C)c2)c2ccccc2P(c2cc(C(C)(C)C)cc(C(C)(C)C)c2)c2cc(C(C)(C)C)cc(C(C)(C)C)c2)cc(C(C)(C)C)c1.CCOCC.CCOCC.[Br-].[Br-].[Fe].[Fe]. The van der Waals surface area contributed by atoms with Crippen LogP contribution in [0.5, 0.6) is 0 Å². The molecular weight excluding hydrogens is 2010 g/mol. The van der Waals surface area contributed by atoms with Crippen LogP contribution in [0.4, 0.5) is 0 Å². The molecule has 0 aliphatic rings. The zero-order chi connectivity index (χ0) is 105. The maximum Gasteiger partial charge on any atom is 0.0437 e. The molecule has 10 rings (SSSR count). The predicted molar refractivity (Wildman–Crippen MR) is 631 cm³/mol. The van der Waals surface area contributed by atoms with E-state index in [-0.39, 0.29) is 155 Å². The van der Waals surface area contributed by atoms with Gasteiger partial charge in [0.25, 0.3) is 0 Å². The van der Waals surface area contributed by atoms with Gasteiger partial charge in [-0.25, -0.2) is 0 Å². The van der Waals surface area contributed by atoms with Crippen molar-refractivity contribution in [2.24, 2.45) is 0 Å². The molecule has 142 heavy (non-hydrogen) atoms. The zero-order valence-corrected chi connectivity index (χ0v) is 108. The number of benzene rings is 10. The first-order valence-corrected chi connectivity index (χ1v) is 57.5. The second-order valence-corrected chi connectivity index (χ2v) is 64.8. The van der Waals surface area contributed by atoms with Crippen molar-refractivity contribution in [3.63, 3.8) is 0 Å². The Morgan fingerprint density at radius 2 is 0.225 bits per heavy atom. The van der Waals surface area contributed by atoms with E-state index in [0.717, 1.165) is 26.4 Å². The first kappa shape index (κ1) is 132. The van der Waals surface area contributed by atoms with E-state index in [2.05, 4.69) is 526 Å². The average molecular weight is 2210 g/mol. The number of hydrogen-bond acceptors (Lipinski definition) is 2. The third kappa shape index (κ3) is 36.0. The molecule has 0 radical (unpaired) electrons. The summed E-state index contributed by atoms with van der Waals surface area (Å²) >= 11 is 0. The van der Waals surface area contributed by atoms with Crippen LogP contribution in [-0.4, -0.2) is 26.4 Å². The molecule has 0 unspecified atom stereocenters. The third-order valence-electron chi connectivity index (χ3n) is 26.8. The van der Waals surface area contributed by atoms with E-state index >= 15 is 0 Å². The summed E-state index contributed by atoms with van der Waals surface area (Å²) in [7, 11) is -4.15. The molecule has 0 bridgehead atoms. The van der Waals surface area contributed by atoms with E-state index in [1.54, 1.807) is 0 Å². The maximum atomic E-state index is 4.83. The number of hydrogen-bond donors (Lipinski definition) is 0. The third-order valence-corrected chi connectivity index (χ3v) is 36.8. The summed E-state index contributed by atoms with van der Waals surface area (Å²) in [6, 6.07) is 80.9. The van der Waals surface area contributed by atoms with Gasteiger partial charge in [-0.1, -0.05) is 526 Å². The van der Waals surface area contributed by atoms with Gasteiger partial charge in [-0.05, 0) is 299 Å². The average Bonchev–Trinajstić information content (AvgIpc) is 0.744.